The van der Waals surface area contributed by atoms with E-state index in [-0.39, 0.29) is 5.91 Å². The van der Waals surface area contributed by atoms with Gasteiger partial charge < -0.3 is 19.5 Å². The van der Waals surface area contributed by atoms with Crippen LogP contribution in [0.4, 0.5) is 0 Å². The zero-order chi connectivity index (χ0) is 18.9. The zero-order valence-corrected chi connectivity index (χ0v) is 15.9. The highest BCUT2D eigenvalue weighted by molar-refractivity contribution is 5.81. The van der Waals surface area contributed by atoms with Crippen LogP contribution >= 0.6 is 0 Å². The van der Waals surface area contributed by atoms with Crippen molar-refractivity contribution in [2.45, 2.75) is 33.3 Å². The maximum atomic E-state index is 12.3. The number of rotatable bonds is 9. The van der Waals surface area contributed by atoms with E-state index in [2.05, 4.69) is 5.32 Å². The molecular formula is C21H27NO4. The van der Waals surface area contributed by atoms with Crippen molar-refractivity contribution in [1.29, 1.82) is 0 Å². The van der Waals surface area contributed by atoms with E-state index in [4.69, 9.17) is 14.2 Å². The van der Waals surface area contributed by atoms with E-state index in [0.29, 0.717) is 25.3 Å². The molecule has 0 saturated heterocycles. The monoisotopic (exact) mass is 357 g/mol. The lowest BCUT2D eigenvalue weighted by molar-refractivity contribution is -0.128. The molecule has 0 spiro atoms. The highest BCUT2D eigenvalue weighted by Crippen LogP contribution is 2.20. The summed E-state index contributed by atoms with van der Waals surface area (Å²) in [5, 5.41) is 2.87. The number of aryl methyl sites for hydroxylation is 2. The zero-order valence-electron chi connectivity index (χ0n) is 15.9. The molecule has 0 aromatic heterocycles. The van der Waals surface area contributed by atoms with Gasteiger partial charge in [0, 0.05) is 0 Å². The van der Waals surface area contributed by atoms with E-state index >= 15 is 0 Å². The lowest BCUT2D eigenvalue weighted by Gasteiger charge is -2.18. The second kappa shape index (κ2) is 9.70. The largest absolute Gasteiger partial charge is 0.497 e. The fourth-order valence-electron chi connectivity index (χ4n) is 2.45. The molecule has 0 aliphatic rings. The van der Waals surface area contributed by atoms with Crippen molar-refractivity contribution in [3.05, 3.63) is 53.6 Å². The molecule has 2 aromatic carbocycles. The van der Waals surface area contributed by atoms with E-state index < -0.39 is 6.10 Å². The third-order valence-electron chi connectivity index (χ3n) is 4.00. The molecule has 1 amide bonds. The predicted octanol–water partition coefficient (Wildman–Crippen LogP) is 3.66. The van der Waals surface area contributed by atoms with Crippen molar-refractivity contribution in [2.24, 2.45) is 0 Å². The van der Waals surface area contributed by atoms with Gasteiger partial charge in [-0.2, -0.15) is 0 Å². The smallest absolute Gasteiger partial charge is 0.261 e. The van der Waals surface area contributed by atoms with Crippen LogP contribution in [0.3, 0.4) is 0 Å². The summed E-state index contributed by atoms with van der Waals surface area (Å²) < 4.78 is 16.6. The summed E-state index contributed by atoms with van der Waals surface area (Å²) in [6.07, 6.45) is 0.0412. The summed E-state index contributed by atoms with van der Waals surface area (Å²) in [4.78, 5) is 12.3. The quantitative estimate of drug-likeness (QED) is 0.696. The van der Waals surface area contributed by atoms with E-state index in [9.17, 15) is 4.79 Å². The van der Waals surface area contributed by atoms with E-state index in [1.54, 1.807) is 31.4 Å². The fourth-order valence-corrected chi connectivity index (χ4v) is 2.45. The molecule has 0 radical (unpaired) electrons. The number of hydrogen-bond acceptors (Lipinski definition) is 4. The number of carbonyl (C=O) groups is 1. The first-order valence-corrected chi connectivity index (χ1v) is 8.82. The third kappa shape index (κ3) is 5.69. The molecule has 2 aromatic rings. The molecule has 0 saturated carbocycles. The van der Waals surface area contributed by atoms with Gasteiger partial charge in [0.05, 0.1) is 13.7 Å². The van der Waals surface area contributed by atoms with Gasteiger partial charge in [0.15, 0.2) is 6.10 Å². The Morgan fingerprint density at radius 3 is 2.42 bits per heavy atom. The molecule has 0 unspecified atom stereocenters. The summed E-state index contributed by atoms with van der Waals surface area (Å²) in [5.74, 6) is 2.09. The first kappa shape index (κ1) is 19.6. The van der Waals surface area contributed by atoms with Gasteiger partial charge in [-0.1, -0.05) is 19.1 Å². The Labute approximate surface area is 155 Å². The fraction of sp³-hybridized carbons (Fsp3) is 0.381. The number of nitrogens with one attached hydrogen (secondary N) is 1. The van der Waals surface area contributed by atoms with Gasteiger partial charge in [-0.3, -0.25) is 4.79 Å². The normalized spacial score (nSPS) is 11.5. The Bertz CT molecular complexity index is 712. The van der Waals surface area contributed by atoms with Crippen molar-refractivity contribution in [3.8, 4) is 17.2 Å². The van der Waals surface area contributed by atoms with Gasteiger partial charge in [0.1, 0.15) is 23.9 Å². The average Bonchev–Trinajstić information content (AvgIpc) is 2.66. The Kier molecular flexibility index (Phi) is 7.33. The van der Waals surface area contributed by atoms with Gasteiger partial charge in [-0.05, 0) is 61.7 Å². The van der Waals surface area contributed by atoms with Crippen LogP contribution < -0.4 is 19.5 Å². The number of benzene rings is 2. The molecule has 5 heteroatoms. The summed E-state index contributed by atoms with van der Waals surface area (Å²) in [6.45, 7) is 6.78. The van der Waals surface area contributed by atoms with Gasteiger partial charge in [0.2, 0.25) is 0 Å². The minimum absolute atomic E-state index is 0.145. The average molecular weight is 357 g/mol. The van der Waals surface area contributed by atoms with Crippen LogP contribution in [0.25, 0.3) is 0 Å². The molecule has 0 heterocycles. The predicted molar refractivity (Wildman–Crippen MR) is 102 cm³/mol. The highest BCUT2D eigenvalue weighted by atomic mass is 16.5. The lowest BCUT2D eigenvalue weighted by atomic mass is 10.1. The number of amides is 1. The Hall–Kier alpha value is -2.69. The number of methoxy groups -OCH3 is 1. The third-order valence-corrected chi connectivity index (χ3v) is 4.00. The van der Waals surface area contributed by atoms with Crippen molar-refractivity contribution in [2.75, 3.05) is 20.3 Å². The summed E-state index contributed by atoms with van der Waals surface area (Å²) in [7, 11) is 1.61. The molecule has 0 aliphatic carbocycles. The van der Waals surface area contributed by atoms with E-state index in [1.165, 1.54) is 0 Å². The van der Waals surface area contributed by atoms with Gasteiger partial charge in [0.25, 0.3) is 5.91 Å². The maximum absolute atomic E-state index is 12.3. The maximum Gasteiger partial charge on any atom is 0.261 e. The molecule has 2 rings (SSSR count). The van der Waals surface area contributed by atoms with Crippen molar-refractivity contribution < 1.29 is 19.0 Å². The number of ether oxygens (including phenoxy) is 3. The molecule has 0 fully saturated rings. The van der Waals surface area contributed by atoms with Crippen LogP contribution in [-0.2, 0) is 4.79 Å². The van der Waals surface area contributed by atoms with Crippen LogP contribution in [0.2, 0.25) is 0 Å². The molecule has 140 valence electrons. The van der Waals surface area contributed by atoms with E-state index in [1.807, 2.05) is 39.0 Å². The minimum atomic E-state index is -0.538. The van der Waals surface area contributed by atoms with Crippen LogP contribution in [0.1, 0.15) is 24.5 Å². The highest BCUT2D eigenvalue weighted by Gasteiger charge is 2.18. The molecule has 1 N–H and O–H groups in total. The standard InChI is InChI=1S/C21H27NO4/c1-5-19(26-18-10-8-17(24-4)9-11-18)21(23)22-12-13-25-20-14-15(2)6-7-16(20)3/h6-11,14,19H,5,12-13H2,1-4H3,(H,22,23)/t19-/m0/s1. The van der Waals surface area contributed by atoms with Gasteiger partial charge in [-0.25, -0.2) is 0 Å². The topological polar surface area (TPSA) is 56.8 Å². The Morgan fingerprint density at radius 2 is 1.77 bits per heavy atom. The summed E-state index contributed by atoms with van der Waals surface area (Å²) >= 11 is 0. The molecule has 1 atom stereocenters. The Morgan fingerprint density at radius 1 is 1.08 bits per heavy atom. The van der Waals surface area contributed by atoms with Crippen molar-refractivity contribution in [3.63, 3.8) is 0 Å². The first-order chi connectivity index (χ1) is 12.5. The van der Waals surface area contributed by atoms with Crippen molar-refractivity contribution in [1.82, 2.24) is 5.32 Å². The van der Waals surface area contributed by atoms with Gasteiger partial charge in [-0.15, -0.1) is 0 Å². The second-order valence-corrected chi connectivity index (χ2v) is 6.10. The molecule has 0 bridgehead atoms. The summed E-state index contributed by atoms with van der Waals surface area (Å²) in [6, 6.07) is 13.3. The Balaban J connectivity index is 1.80. The SMILES string of the molecule is CC[C@H](Oc1ccc(OC)cc1)C(=O)NCCOc1cc(C)ccc1C. The second-order valence-electron chi connectivity index (χ2n) is 6.10. The van der Waals surface area contributed by atoms with Crippen LogP contribution in [0.5, 0.6) is 17.2 Å². The summed E-state index contributed by atoms with van der Waals surface area (Å²) in [5.41, 5.74) is 2.23. The molecule has 5 nitrogen and oxygen atoms in total. The molecule has 26 heavy (non-hydrogen) atoms. The molecule has 0 aliphatic heterocycles. The first-order valence-electron chi connectivity index (χ1n) is 8.82. The van der Waals surface area contributed by atoms with Gasteiger partial charge >= 0.3 is 0 Å². The van der Waals surface area contributed by atoms with Crippen molar-refractivity contribution >= 4 is 5.91 Å². The molecular weight excluding hydrogens is 330 g/mol. The van der Waals surface area contributed by atoms with E-state index in [0.717, 1.165) is 22.6 Å². The van der Waals surface area contributed by atoms with Crippen LogP contribution in [0.15, 0.2) is 42.5 Å². The lowest BCUT2D eigenvalue weighted by Crippen LogP contribution is -2.39. The number of carbonyl (C=O) groups excluding carboxylic acids is 1. The van der Waals surface area contributed by atoms with Crippen LogP contribution in [-0.4, -0.2) is 32.3 Å². The minimum Gasteiger partial charge on any atom is -0.497 e. The van der Waals surface area contributed by atoms with Crippen LogP contribution in [0, 0.1) is 13.8 Å². The number of hydrogen-bond donors (Lipinski definition) is 1.